The maximum atomic E-state index is 12.9. The average Bonchev–Trinajstić information content (AvgIpc) is 2.87. The SMILES string of the molecule is Fc1ccc(C2CC(NCCC3CCCC3)C2)cc1. The van der Waals surface area contributed by atoms with Gasteiger partial charge in [-0.15, -0.1) is 0 Å². The highest BCUT2D eigenvalue weighted by Gasteiger charge is 2.29. The minimum Gasteiger partial charge on any atom is -0.314 e. The number of halogens is 1. The van der Waals surface area contributed by atoms with Gasteiger partial charge in [-0.25, -0.2) is 4.39 Å². The summed E-state index contributed by atoms with van der Waals surface area (Å²) in [7, 11) is 0. The third-order valence-electron chi connectivity index (χ3n) is 4.94. The van der Waals surface area contributed by atoms with Gasteiger partial charge in [-0.3, -0.25) is 0 Å². The van der Waals surface area contributed by atoms with Crippen molar-refractivity contribution >= 4 is 0 Å². The first-order valence-electron chi connectivity index (χ1n) is 7.80. The Kier molecular flexibility index (Phi) is 4.17. The fraction of sp³-hybridized carbons (Fsp3) is 0.647. The minimum atomic E-state index is -0.130. The van der Waals surface area contributed by atoms with Crippen LogP contribution in [0.4, 0.5) is 4.39 Å². The first kappa shape index (κ1) is 13.1. The quantitative estimate of drug-likeness (QED) is 0.836. The van der Waals surface area contributed by atoms with Crippen LogP contribution in [0, 0.1) is 11.7 Å². The van der Waals surface area contributed by atoms with Gasteiger partial charge < -0.3 is 5.32 Å². The highest BCUT2D eigenvalue weighted by molar-refractivity contribution is 5.23. The van der Waals surface area contributed by atoms with Crippen LogP contribution in [0.3, 0.4) is 0 Å². The molecule has 0 saturated heterocycles. The van der Waals surface area contributed by atoms with Crippen LogP contribution in [0.2, 0.25) is 0 Å². The largest absolute Gasteiger partial charge is 0.314 e. The molecule has 0 atom stereocenters. The normalized spacial score (nSPS) is 27.4. The molecule has 0 aromatic heterocycles. The van der Waals surface area contributed by atoms with Crippen LogP contribution in [0.15, 0.2) is 24.3 Å². The summed E-state index contributed by atoms with van der Waals surface area (Å²) in [6.45, 7) is 1.19. The van der Waals surface area contributed by atoms with Crippen molar-refractivity contribution in [3.63, 3.8) is 0 Å². The van der Waals surface area contributed by atoms with Crippen LogP contribution in [0.25, 0.3) is 0 Å². The molecule has 0 amide bonds. The summed E-state index contributed by atoms with van der Waals surface area (Å²) in [6, 6.07) is 7.73. The standard InChI is InChI=1S/C17H24FN/c18-16-7-5-14(6-8-16)15-11-17(12-15)19-10-9-13-3-1-2-4-13/h5-8,13,15,17,19H,1-4,9-12H2. The van der Waals surface area contributed by atoms with Crippen LogP contribution in [-0.4, -0.2) is 12.6 Å². The molecule has 0 bridgehead atoms. The van der Waals surface area contributed by atoms with Crippen molar-refractivity contribution in [2.75, 3.05) is 6.54 Å². The predicted molar refractivity (Wildman–Crippen MR) is 76.7 cm³/mol. The first-order chi connectivity index (χ1) is 9.31. The summed E-state index contributed by atoms with van der Waals surface area (Å²) in [4.78, 5) is 0. The summed E-state index contributed by atoms with van der Waals surface area (Å²) in [5.74, 6) is 1.50. The van der Waals surface area contributed by atoms with Gasteiger partial charge in [-0.05, 0) is 55.3 Å². The molecule has 1 aromatic rings. The molecule has 0 heterocycles. The van der Waals surface area contributed by atoms with Gasteiger partial charge >= 0.3 is 0 Å². The molecule has 19 heavy (non-hydrogen) atoms. The Morgan fingerprint density at radius 1 is 1.05 bits per heavy atom. The summed E-state index contributed by atoms with van der Waals surface area (Å²) in [5, 5.41) is 3.68. The van der Waals surface area contributed by atoms with Crippen LogP contribution >= 0.6 is 0 Å². The van der Waals surface area contributed by atoms with Crippen molar-refractivity contribution in [1.82, 2.24) is 5.32 Å². The highest BCUT2D eigenvalue weighted by atomic mass is 19.1. The molecule has 2 saturated carbocycles. The number of nitrogens with one attached hydrogen (secondary N) is 1. The minimum absolute atomic E-state index is 0.130. The van der Waals surface area contributed by atoms with E-state index in [-0.39, 0.29) is 5.82 Å². The fourth-order valence-electron chi connectivity index (χ4n) is 3.58. The monoisotopic (exact) mass is 261 g/mol. The maximum absolute atomic E-state index is 12.9. The lowest BCUT2D eigenvalue weighted by atomic mass is 9.76. The predicted octanol–water partition coefficient (Wildman–Crippen LogP) is 4.24. The van der Waals surface area contributed by atoms with Gasteiger partial charge in [-0.1, -0.05) is 37.8 Å². The first-order valence-corrected chi connectivity index (χ1v) is 7.80. The molecule has 2 aliphatic carbocycles. The molecule has 1 aromatic carbocycles. The second-order valence-corrected chi connectivity index (χ2v) is 6.31. The lowest BCUT2D eigenvalue weighted by Crippen LogP contribution is -2.40. The van der Waals surface area contributed by atoms with E-state index in [9.17, 15) is 4.39 Å². The number of benzene rings is 1. The van der Waals surface area contributed by atoms with Crippen molar-refractivity contribution in [3.05, 3.63) is 35.6 Å². The lowest BCUT2D eigenvalue weighted by Gasteiger charge is -2.36. The lowest BCUT2D eigenvalue weighted by molar-refractivity contribution is 0.283. The third-order valence-corrected chi connectivity index (χ3v) is 4.94. The Morgan fingerprint density at radius 3 is 2.42 bits per heavy atom. The van der Waals surface area contributed by atoms with E-state index in [0.717, 1.165) is 5.92 Å². The zero-order valence-corrected chi connectivity index (χ0v) is 11.6. The smallest absolute Gasteiger partial charge is 0.123 e. The molecular formula is C17H24FN. The van der Waals surface area contributed by atoms with E-state index in [1.54, 1.807) is 12.1 Å². The Labute approximate surface area is 115 Å². The molecule has 1 N–H and O–H groups in total. The summed E-state index contributed by atoms with van der Waals surface area (Å²) < 4.78 is 12.9. The van der Waals surface area contributed by atoms with Gasteiger partial charge in [-0.2, -0.15) is 0 Å². The average molecular weight is 261 g/mol. The molecule has 2 heteroatoms. The van der Waals surface area contributed by atoms with Gasteiger partial charge in [0.2, 0.25) is 0 Å². The maximum Gasteiger partial charge on any atom is 0.123 e. The summed E-state index contributed by atoms with van der Waals surface area (Å²) in [6.07, 6.45) is 9.58. The Hall–Kier alpha value is -0.890. The fourth-order valence-corrected chi connectivity index (χ4v) is 3.58. The van der Waals surface area contributed by atoms with E-state index in [4.69, 9.17) is 0 Å². The summed E-state index contributed by atoms with van der Waals surface area (Å²) in [5.41, 5.74) is 1.30. The van der Waals surface area contributed by atoms with Crippen LogP contribution in [-0.2, 0) is 0 Å². The van der Waals surface area contributed by atoms with Crippen LogP contribution < -0.4 is 5.32 Å². The van der Waals surface area contributed by atoms with E-state index in [1.807, 2.05) is 12.1 Å². The zero-order chi connectivity index (χ0) is 13.1. The van der Waals surface area contributed by atoms with Crippen LogP contribution in [0.5, 0.6) is 0 Å². The molecule has 1 nitrogen and oxygen atoms in total. The van der Waals surface area contributed by atoms with Gasteiger partial charge in [0, 0.05) is 6.04 Å². The van der Waals surface area contributed by atoms with Crippen molar-refractivity contribution in [3.8, 4) is 0 Å². The third kappa shape index (κ3) is 3.36. The molecule has 0 radical (unpaired) electrons. The van der Waals surface area contributed by atoms with Gasteiger partial charge in [0.05, 0.1) is 0 Å². The highest BCUT2D eigenvalue weighted by Crippen LogP contribution is 2.37. The van der Waals surface area contributed by atoms with Crippen molar-refractivity contribution in [2.45, 2.75) is 56.9 Å². The van der Waals surface area contributed by atoms with E-state index in [1.165, 1.54) is 57.1 Å². The van der Waals surface area contributed by atoms with E-state index < -0.39 is 0 Å². The topological polar surface area (TPSA) is 12.0 Å². The molecule has 2 aliphatic rings. The van der Waals surface area contributed by atoms with Crippen molar-refractivity contribution < 1.29 is 4.39 Å². The molecule has 0 spiro atoms. The van der Waals surface area contributed by atoms with Gasteiger partial charge in [0.15, 0.2) is 0 Å². The number of rotatable bonds is 5. The zero-order valence-electron chi connectivity index (χ0n) is 11.6. The Bertz CT molecular complexity index is 388. The molecule has 0 aliphatic heterocycles. The molecule has 2 fully saturated rings. The van der Waals surface area contributed by atoms with Gasteiger partial charge in [0.1, 0.15) is 5.82 Å². The van der Waals surface area contributed by atoms with Gasteiger partial charge in [0.25, 0.3) is 0 Å². The van der Waals surface area contributed by atoms with E-state index in [0.29, 0.717) is 12.0 Å². The summed E-state index contributed by atoms with van der Waals surface area (Å²) >= 11 is 0. The van der Waals surface area contributed by atoms with Crippen LogP contribution in [0.1, 0.15) is 56.4 Å². The molecule has 0 unspecified atom stereocenters. The van der Waals surface area contributed by atoms with Crippen molar-refractivity contribution in [2.24, 2.45) is 5.92 Å². The molecule has 104 valence electrons. The Balaban J connectivity index is 1.34. The van der Waals surface area contributed by atoms with Crippen molar-refractivity contribution in [1.29, 1.82) is 0 Å². The number of hydrogen-bond acceptors (Lipinski definition) is 1. The molecule has 3 rings (SSSR count). The molecular weight excluding hydrogens is 237 g/mol. The van der Waals surface area contributed by atoms with E-state index in [2.05, 4.69) is 5.32 Å². The number of hydrogen-bond donors (Lipinski definition) is 1. The Morgan fingerprint density at radius 2 is 1.74 bits per heavy atom. The second kappa shape index (κ2) is 6.04. The van der Waals surface area contributed by atoms with E-state index >= 15 is 0 Å². The second-order valence-electron chi connectivity index (χ2n) is 6.31.